The van der Waals surface area contributed by atoms with Gasteiger partial charge in [0.2, 0.25) is 0 Å². The van der Waals surface area contributed by atoms with Gasteiger partial charge in [-0.2, -0.15) is 0 Å². The van der Waals surface area contributed by atoms with Crippen LogP contribution >= 0.6 is 0 Å². The lowest BCUT2D eigenvalue weighted by molar-refractivity contribution is -0.142. The summed E-state index contributed by atoms with van der Waals surface area (Å²) in [4.78, 5) is 24.9. The Morgan fingerprint density at radius 2 is 1.84 bits per heavy atom. The van der Waals surface area contributed by atoms with Gasteiger partial charge >= 0.3 is 5.97 Å². The summed E-state index contributed by atoms with van der Waals surface area (Å²) in [6.07, 6.45) is -0.108. The van der Waals surface area contributed by atoms with Crippen molar-refractivity contribution in [1.82, 2.24) is 0 Å². The quantitative estimate of drug-likeness (QED) is 0.671. The summed E-state index contributed by atoms with van der Waals surface area (Å²) in [5, 5.41) is 0.467. The Hall–Kier alpha value is -2.88. The Morgan fingerprint density at radius 1 is 1.08 bits per heavy atom. The van der Waals surface area contributed by atoms with E-state index in [9.17, 15) is 9.59 Å². The second kappa shape index (κ2) is 6.93. The first kappa shape index (κ1) is 17.0. The van der Waals surface area contributed by atoms with Gasteiger partial charge < -0.3 is 9.15 Å². The molecule has 128 valence electrons. The van der Waals surface area contributed by atoms with E-state index in [2.05, 4.69) is 0 Å². The fourth-order valence-corrected chi connectivity index (χ4v) is 2.81. The summed E-state index contributed by atoms with van der Waals surface area (Å²) < 4.78 is 11.1. The number of benzene rings is 2. The van der Waals surface area contributed by atoms with Gasteiger partial charge in [-0.25, -0.2) is 0 Å². The van der Waals surface area contributed by atoms with Crippen molar-refractivity contribution in [3.8, 4) is 11.3 Å². The van der Waals surface area contributed by atoms with Gasteiger partial charge in [0.1, 0.15) is 11.3 Å². The lowest BCUT2D eigenvalue weighted by Crippen LogP contribution is -2.17. The highest BCUT2D eigenvalue weighted by Gasteiger charge is 2.19. The lowest BCUT2D eigenvalue weighted by atomic mass is 9.99. The Morgan fingerprint density at radius 3 is 2.56 bits per heavy atom. The first-order valence-corrected chi connectivity index (χ1v) is 8.29. The van der Waals surface area contributed by atoms with Gasteiger partial charge in [0.25, 0.3) is 0 Å². The van der Waals surface area contributed by atoms with E-state index in [1.807, 2.05) is 38.1 Å². The molecule has 0 unspecified atom stereocenters. The van der Waals surface area contributed by atoms with Crippen molar-refractivity contribution in [2.24, 2.45) is 0 Å². The first-order chi connectivity index (χ1) is 12.0. The number of ether oxygens (including phenoxy) is 1. The Labute approximate surface area is 146 Å². The summed E-state index contributed by atoms with van der Waals surface area (Å²) in [5.74, 6) is -0.00461. The number of fused-ring (bicyclic) bond motifs is 1. The summed E-state index contributed by atoms with van der Waals surface area (Å²) in [6.45, 7) is 6.04. The molecule has 1 heterocycles. The second-order valence-electron chi connectivity index (χ2n) is 6.02. The first-order valence-electron chi connectivity index (χ1n) is 8.29. The summed E-state index contributed by atoms with van der Waals surface area (Å²) in [7, 11) is 0. The third-order valence-electron chi connectivity index (χ3n) is 4.29. The van der Waals surface area contributed by atoms with Crippen molar-refractivity contribution in [1.29, 1.82) is 0 Å². The molecule has 0 atom stereocenters. The molecule has 0 aliphatic rings. The van der Waals surface area contributed by atoms with Crippen LogP contribution in [0.2, 0.25) is 0 Å². The fraction of sp³-hybridized carbons (Fsp3) is 0.238. The molecule has 0 aliphatic carbocycles. The minimum atomic E-state index is -0.435. The molecule has 0 saturated heterocycles. The molecule has 0 amide bonds. The molecular formula is C21H20O4. The molecule has 4 nitrogen and oxygen atoms in total. The van der Waals surface area contributed by atoms with Crippen LogP contribution in [0.15, 0.2) is 51.7 Å². The molecule has 0 bridgehead atoms. The lowest BCUT2D eigenvalue weighted by Gasteiger charge is -2.11. The molecule has 0 N–H and O–H groups in total. The van der Waals surface area contributed by atoms with E-state index in [1.165, 1.54) is 0 Å². The average Bonchev–Trinajstić information content (AvgIpc) is 2.60. The molecule has 4 heteroatoms. The largest absolute Gasteiger partial charge is 0.466 e. The van der Waals surface area contributed by atoms with Crippen LogP contribution in [0, 0.1) is 13.8 Å². The standard InChI is InChI=1S/C21H20O4/c1-4-24-19(22)12-17-20(23)16-7-5-6-8-18(16)25-21(17)15-10-9-13(2)14(3)11-15/h5-11H,4,12H2,1-3H3. The number of hydrogen-bond acceptors (Lipinski definition) is 4. The summed E-state index contributed by atoms with van der Waals surface area (Å²) in [5.41, 5.74) is 3.68. The molecule has 3 rings (SSSR count). The van der Waals surface area contributed by atoms with Gasteiger partial charge in [0.05, 0.1) is 24.0 Å². The molecular weight excluding hydrogens is 316 g/mol. The number of hydrogen-bond donors (Lipinski definition) is 0. The molecule has 0 spiro atoms. The van der Waals surface area contributed by atoms with E-state index < -0.39 is 5.97 Å². The Balaban J connectivity index is 2.25. The van der Waals surface area contributed by atoms with Crippen LogP contribution in [0.5, 0.6) is 0 Å². The third kappa shape index (κ3) is 3.33. The van der Waals surface area contributed by atoms with Gasteiger partial charge in [-0.05, 0) is 50.1 Å². The SMILES string of the molecule is CCOC(=O)Cc1c(-c2ccc(C)c(C)c2)oc2ccccc2c1=O. The smallest absolute Gasteiger partial charge is 0.310 e. The number of esters is 1. The van der Waals surface area contributed by atoms with Crippen molar-refractivity contribution in [3.05, 3.63) is 69.4 Å². The summed E-state index contributed by atoms with van der Waals surface area (Å²) >= 11 is 0. The van der Waals surface area contributed by atoms with Gasteiger partial charge in [-0.1, -0.05) is 24.3 Å². The maximum absolute atomic E-state index is 12.9. The number of rotatable bonds is 4. The van der Waals surface area contributed by atoms with Gasteiger partial charge in [-0.15, -0.1) is 0 Å². The van der Waals surface area contributed by atoms with E-state index in [-0.39, 0.29) is 18.5 Å². The molecule has 2 aromatic carbocycles. The van der Waals surface area contributed by atoms with E-state index >= 15 is 0 Å². The van der Waals surface area contributed by atoms with Crippen molar-refractivity contribution < 1.29 is 13.9 Å². The topological polar surface area (TPSA) is 56.5 Å². The highest BCUT2D eigenvalue weighted by Crippen LogP contribution is 2.28. The van der Waals surface area contributed by atoms with Crippen LogP contribution in [-0.4, -0.2) is 12.6 Å². The fourth-order valence-electron chi connectivity index (χ4n) is 2.81. The van der Waals surface area contributed by atoms with Crippen LogP contribution < -0.4 is 5.43 Å². The van der Waals surface area contributed by atoms with Crippen LogP contribution in [0.4, 0.5) is 0 Å². The van der Waals surface area contributed by atoms with Crippen molar-refractivity contribution in [2.75, 3.05) is 6.61 Å². The van der Waals surface area contributed by atoms with Crippen molar-refractivity contribution in [2.45, 2.75) is 27.2 Å². The maximum Gasteiger partial charge on any atom is 0.310 e. The van der Waals surface area contributed by atoms with E-state index in [0.717, 1.165) is 16.7 Å². The van der Waals surface area contributed by atoms with Crippen LogP contribution in [0.3, 0.4) is 0 Å². The van der Waals surface area contributed by atoms with Crippen LogP contribution in [0.1, 0.15) is 23.6 Å². The van der Waals surface area contributed by atoms with Crippen LogP contribution in [0.25, 0.3) is 22.3 Å². The third-order valence-corrected chi connectivity index (χ3v) is 4.29. The van der Waals surface area contributed by atoms with Gasteiger partial charge in [-0.3, -0.25) is 9.59 Å². The number of aryl methyl sites for hydroxylation is 2. The molecule has 25 heavy (non-hydrogen) atoms. The highest BCUT2D eigenvalue weighted by molar-refractivity contribution is 5.83. The Bertz CT molecular complexity index is 998. The van der Waals surface area contributed by atoms with E-state index in [1.54, 1.807) is 25.1 Å². The van der Waals surface area contributed by atoms with E-state index in [0.29, 0.717) is 22.3 Å². The number of para-hydroxylation sites is 1. The molecule has 0 saturated carbocycles. The average molecular weight is 336 g/mol. The zero-order valence-electron chi connectivity index (χ0n) is 14.6. The number of carbonyl (C=O) groups excluding carboxylic acids is 1. The van der Waals surface area contributed by atoms with Gasteiger partial charge in [0.15, 0.2) is 5.43 Å². The van der Waals surface area contributed by atoms with Crippen molar-refractivity contribution >= 4 is 16.9 Å². The monoisotopic (exact) mass is 336 g/mol. The van der Waals surface area contributed by atoms with Crippen LogP contribution in [-0.2, 0) is 16.0 Å². The minimum absolute atomic E-state index is 0.108. The van der Waals surface area contributed by atoms with E-state index in [4.69, 9.17) is 9.15 Å². The van der Waals surface area contributed by atoms with Crippen molar-refractivity contribution in [3.63, 3.8) is 0 Å². The Kier molecular flexibility index (Phi) is 4.70. The zero-order valence-corrected chi connectivity index (χ0v) is 14.6. The molecule has 3 aromatic rings. The van der Waals surface area contributed by atoms with Gasteiger partial charge in [0, 0.05) is 5.56 Å². The minimum Gasteiger partial charge on any atom is -0.466 e. The molecule has 0 aliphatic heterocycles. The summed E-state index contributed by atoms with van der Waals surface area (Å²) in [6, 6.07) is 12.9. The highest BCUT2D eigenvalue weighted by atomic mass is 16.5. The predicted octanol–water partition coefficient (Wildman–Crippen LogP) is 4.18. The predicted molar refractivity (Wildman–Crippen MR) is 97.7 cm³/mol. The zero-order chi connectivity index (χ0) is 18.0. The number of carbonyl (C=O) groups is 1. The maximum atomic E-state index is 12.9. The molecule has 0 fully saturated rings. The molecule has 1 aromatic heterocycles. The normalized spacial score (nSPS) is 10.8. The second-order valence-corrected chi connectivity index (χ2v) is 6.02. The molecule has 0 radical (unpaired) electrons.